The summed E-state index contributed by atoms with van der Waals surface area (Å²) in [7, 11) is 3.03. The highest BCUT2D eigenvalue weighted by Gasteiger charge is 2.61. The van der Waals surface area contributed by atoms with Crippen molar-refractivity contribution in [2.45, 2.75) is 111 Å². The minimum atomic E-state index is -2.76. The van der Waals surface area contributed by atoms with Crippen molar-refractivity contribution in [3.05, 3.63) is 35.9 Å². The van der Waals surface area contributed by atoms with Gasteiger partial charge in [0.15, 0.2) is 11.3 Å². The lowest BCUT2D eigenvalue weighted by atomic mass is 9.71. The summed E-state index contributed by atoms with van der Waals surface area (Å²) in [5.41, 5.74) is -5.11. The van der Waals surface area contributed by atoms with E-state index in [4.69, 9.17) is 4.74 Å². The van der Waals surface area contributed by atoms with Crippen LogP contribution >= 0.6 is 0 Å². The number of aliphatic hydroxyl groups is 2. The summed E-state index contributed by atoms with van der Waals surface area (Å²) >= 11 is 0. The van der Waals surface area contributed by atoms with Gasteiger partial charge in [-0.05, 0) is 71.9 Å². The van der Waals surface area contributed by atoms with Crippen LogP contribution in [0.4, 0.5) is 0 Å². The van der Waals surface area contributed by atoms with Crippen LogP contribution in [-0.2, 0) is 30.5 Å². The molecular formula is C31H50N2O7. The fourth-order valence-electron chi connectivity index (χ4n) is 4.88. The lowest BCUT2D eigenvalue weighted by Crippen LogP contribution is -2.71. The predicted molar refractivity (Wildman–Crippen MR) is 154 cm³/mol. The summed E-state index contributed by atoms with van der Waals surface area (Å²) in [6, 6.07) is 8.67. The smallest absolute Gasteiger partial charge is 0.346 e. The fourth-order valence-corrected chi connectivity index (χ4v) is 4.88. The Labute approximate surface area is 239 Å². The third-order valence-electron chi connectivity index (χ3n) is 6.79. The number of rotatable bonds is 14. The van der Waals surface area contributed by atoms with Crippen LogP contribution in [0.2, 0.25) is 0 Å². The molecule has 0 aliphatic carbocycles. The zero-order chi connectivity index (χ0) is 31.2. The Hall–Kier alpha value is -2.62. The molecule has 9 nitrogen and oxygen atoms in total. The molecule has 2 N–H and O–H groups in total. The maximum absolute atomic E-state index is 14.8. The van der Waals surface area contributed by atoms with Gasteiger partial charge in [-0.3, -0.25) is 19.3 Å². The number of amides is 1. The molecular weight excluding hydrogens is 512 g/mol. The van der Waals surface area contributed by atoms with Gasteiger partial charge >= 0.3 is 5.97 Å². The molecule has 0 heterocycles. The van der Waals surface area contributed by atoms with E-state index >= 15 is 0 Å². The van der Waals surface area contributed by atoms with Gasteiger partial charge in [0.05, 0.1) is 6.04 Å². The van der Waals surface area contributed by atoms with E-state index in [1.807, 2.05) is 49.1 Å². The Bertz CT molecular complexity index is 1030. The number of likely N-dealkylation sites (N-methyl/N-ethyl adjacent to an activating group) is 2. The highest BCUT2D eigenvalue weighted by atomic mass is 16.6. The van der Waals surface area contributed by atoms with Crippen LogP contribution in [0.1, 0.15) is 80.7 Å². The minimum absolute atomic E-state index is 0.0307. The predicted octanol–water partition coefficient (Wildman–Crippen LogP) is 3.39. The van der Waals surface area contributed by atoms with Crippen LogP contribution in [0.25, 0.3) is 0 Å². The second-order valence-electron chi connectivity index (χ2n) is 12.8. The Kier molecular flexibility index (Phi) is 12.2. The first-order valence-electron chi connectivity index (χ1n) is 13.9. The van der Waals surface area contributed by atoms with Gasteiger partial charge in [0.25, 0.3) is 5.91 Å². The maximum atomic E-state index is 14.8. The second-order valence-corrected chi connectivity index (χ2v) is 12.8. The van der Waals surface area contributed by atoms with Gasteiger partial charge in [-0.2, -0.15) is 0 Å². The molecule has 4 atom stereocenters. The molecule has 1 rings (SSSR count). The van der Waals surface area contributed by atoms with Crippen molar-refractivity contribution in [2.75, 3.05) is 14.1 Å². The molecule has 0 radical (unpaired) electrons. The summed E-state index contributed by atoms with van der Waals surface area (Å²) < 4.78 is 5.36. The Morgan fingerprint density at radius 2 is 1.43 bits per heavy atom. The molecule has 9 heteroatoms. The number of hydrogen-bond donors (Lipinski definition) is 2. The van der Waals surface area contributed by atoms with E-state index < -0.39 is 52.3 Å². The molecule has 0 fully saturated rings. The van der Waals surface area contributed by atoms with Crippen molar-refractivity contribution < 1.29 is 34.1 Å². The van der Waals surface area contributed by atoms with E-state index in [0.29, 0.717) is 13.0 Å². The number of Topliss-reactive ketones (excluding diaryl/α,β-unsaturated/α-hetero) is 2. The molecule has 0 saturated heterocycles. The van der Waals surface area contributed by atoms with E-state index in [2.05, 4.69) is 0 Å². The molecule has 0 aliphatic heterocycles. The van der Waals surface area contributed by atoms with Gasteiger partial charge in [-0.1, -0.05) is 58.0 Å². The van der Waals surface area contributed by atoms with Crippen molar-refractivity contribution in [2.24, 2.45) is 11.8 Å². The molecule has 1 aromatic carbocycles. The third kappa shape index (κ3) is 8.69. The Morgan fingerprint density at radius 3 is 1.85 bits per heavy atom. The summed E-state index contributed by atoms with van der Waals surface area (Å²) in [5.74, 6) is -4.17. The first-order valence-corrected chi connectivity index (χ1v) is 13.9. The van der Waals surface area contributed by atoms with Crippen LogP contribution in [0.15, 0.2) is 30.3 Å². The standard InChI is InChI=1S/C31H50N2O7/c1-20(2)17-24(32(10)19-23-15-13-12-14-16-23)25(35)31(18-21(3)4,33(11)26(36)22(5)34)27(37)30(9,39)28(38)40-29(6,7)8/h12-16,20-22,24,34,39H,17-19H2,1-11H3/t22-,24+,30+,31-/m1/s1. The second kappa shape index (κ2) is 13.8. The fraction of sp³-hybridized carbons (Fsp3) is 0.677. The van der Waals surface area contributed by atoms with Gasteiger partial charge in [0, 0.05) is 13.6 Å². The molecule has 0 saturated carbocycles. The zero-order valence-corrected chi connectivity index (χ0v) is 26.1. The number of hydrogen-bond acceptors (Lipinski definition) is 8. The van der Waals surface area contributed by atoms with Crippen LogP contribution in [0.5, 0.6) is 0 Å². The van der Waals surface area contributed by atoms with Crippen LogP contribution in [0.3, 0.4) is 0 Å². The van der Waals surface area contributed by atoms with Crippen molar-refractivity contribution in [3.63, 3.8) is 0 Å². The first kappa shape index (κ1) is 35.4. The normalized spacial score (nSPS) is 16.7. The third-order valence-corrected chi connectivity index (χ3v) is 6.79. The molecule has 40 heavy (non-hydrogen) atoms. The Balaban J connectivity index is 3.91. The monoisotopic (exact) mass is 562 g/mol. The van der Waals surface area contributed by atoms with E-state index in [1.165, 1.54) is 14.0 Å². The van der Waals surface area contributed by atoms with E-state index in [9.17, 15) is 29.4 Å². The highest BCUT2D eigenvalue weighted by Crippen LogP contribution is 2.35. The average Bonchev–Trinajstić information content (AvgIpc) is 2.83. The van der Waals surface area contributed by atoms with Gasteiger partial charge < -0.3 is 19.8 Å². The average molecular weight is 563 g/mol. The SMILES string of the molecule is CC(C)C[C@@H](C(=O)[C@](CC(C)C)(C(=O)[C@](C)(O)C(=O)OC(C)(C)C)N(C)C(=O)[C@@H](C)O)N(C)Cc1ccccc1. The minimum Gasteiger partial charge on any atom is -0.457 e. The van der Waals surface area contributed by atoms with Crippen molar-refractivity contribution in [3.8, 4) is 0 Å². The number of carbonyl (C=O) groups excluding carboxylic acids is 4. The zero-order valence-electron chi connectivity index (χ0n) is 26.1. The lowest BCUT2D eigenvalue weighted by Gasteiger charge is -2.46. The Morgan fingerprint density at radius 1 is 0.900 bits per heavy atom. The van der Waals surface area contributed by atoms with Crippen molar-refractivity contribution in [1.29, 1.82) is 0 Å². The largest absolute Gasteiger partial charge is 0.457 e. The van der Waals surface area contributed by atoms with Gasteiger partial charge in [-0.25, -0.2) is 4.79 Å². The molecule has 0 spiro atoms. The number of esters is 1. The van der Waals surface area contributed by atoms with Crippen molar-refractivity contribution in [1.82, 2.24) is 9.80 Å². The number of ketones is 2. The van der Waals surface area contributed by atoms with E-state index in [1.54, 1.807) is 41.7 Å². The van der Waals surface area contributed by atoms with Crippen molar-refractivity contribution >= 4 is 23.4 Å². The highest BCUT2D eigenvalue weighted by molar-refractivity contribution is 6.23. The summed E-state index contributed by atoms with van der Waals surface area (Å²) in [6.45, 7) is 14.9. The topological polar surface area (TPSA) is 124 Å². The summed E-state index contributed by atoms with van der Waals surface area (Å²) in [5, 5.41) is 21.7. The number of ether oxygens (including phenoxy) is 1. The summed E-state index contributed by atoms with van der Waals surface area (Å²) in [6.07, 6.45) is -1.36. The van der Waals surface area contributed by atoms with Crippen LogP contribution < -0.4 is 0 Å². The molecule has 1 aromatic rings. The van der Waals surface area contributed by atoms with Gasteiger partial charge in [0.2, 0.25) is 11.4 Å². The quantitative estimate of drug-likeness (QED) is 0.261. The van der Waals surface area contributed by atoms with Gasteiger partial charge in [-0.15, -0.1) is 0 Å². The number of nitrogens with zero attached hydrogens (tertiary/aromatic N) is 2. The van der Waals surface area contributed by atoms with Crippen LogP contribution in [-0.4, -0.2) is 86.4 Å². The van der Waals surface area contributed by atoms with E-state index in [-0.39, 0.29) is 18.3 Å². The van der Waals surface area contributed by atoms with Gasteiger partial charge in [0.1, 0.15) is 11.7 Å². The number of carbonyl (C=O) groups is 4. The number of aliphatic hydroxyl groups excluding tert-OH is 1. The molecule has 0 aliphatic rings. The van der Waals surface area contributed by atoms with E-state index in [0.717, 1.165) is 17.4 Å². The first-order chi connectivity index (χ1) is 18.2. The maximum Gasteiger partial charge on any atom is 0.346 e. The molecule has 1 amide bonds. The lowest BCUT2D eigenvalue weighted by molar-refractivity contribution is -0.185. The van der Waals surface area contributed by atoms with Crippen LogP contribution in [0, 0.1) is 11.8 Å². The molecule has 0 unspecified atom stereocenters. The summed E-state index contributed by atoms with van der Waals surface area (Å²) in [4.78, 5) is 58.5. The molecule has 0 aromatic heterocycles. The molecule has 0 bridgehead atoms. The number of benzene rings is 1. The molecule has 226 valence electrons.